The van der Waals surface area contributed by atoms with E-state index in [1.54, 1.807) is 0 Å². The van der Waals surface area contributed by atoms with E-state index < -0.39 is 24.0 Å². The van der Waals surface area contributed by atoms with E-state index in [0.29, 0.717) is 5.75 Å². The molecule has 0 radical (unpaired) electrons. The van der Waals surface area contributed by atoms with Crippen LogP contribution in [0.1, 0.15) is 5.56 Å². The van der Waals surface area contributed by atoms with E-state index in [2.05, 4.69) is 9.97 Å². The van der Waals surface area contributed by atoms with Gasteiger partial charge >= 0.3 is 12.2 Å². The first-order valence-corrected chi connectivity index (χ1v) is 7.51. The number of hydrogen-bond acceptors (Lipinski definition) is 5. The predicted molar refractivity (Wildman–Crippen MR) is 85.5 cm³/mol. The van der Waals surface area contributed by atoms with E-state index in [1.165, 1.54) is 37.5 Å². The average molecular weight is 368 g/mol. The van der Waals surface area contributed by atoms with Crippen molar-refractivity contribution in [3.8, 4) is 16.9 Å². The highest BCUT2D eigenvalue weighted by molar-refractivity contribution is 5.93. The summed E-state index contributed by atoms with van der Waals surface area (Å²) in [5.74, 6) is 0.0187. The number of aromatic nitrogens is 2. The van der Waals surface area contributed by atoms with E-state index in [0.717, 1.165) is 17.2 Å². The number of aliphatic hydroxyl groups is 1. The Balaban J connectivity index is 2.11. The fourth-order valence-electron chi connectivity index (χ4n) is 2.69. The lowest BCUT2D eigenvalue weighted by Crippen LogP contribution is -2.35. The van der Waals surface area contributed by atoms with Crippen LogP contribution in [0.25, 0.3) is 11.1 Å². The van der Waals surface area contributed by atoms with Crippen LogP contribution in [0.15, 0.2) is 30.7 Å². The first-order valence-electron chi connectivity index (χ1n) is 7.51. The number of amides is 2. The SMILES string of the molecule is COc1cncc(-c2cnc(N3C(=O)N(C)CC3O)cc2C(F)(F)F)c1. The summed E-state index contributed by atoms with van der Waals surface area (Å²) in [6.07, 6.45) is -2.33. The molecule has 0 aliphatic carbocycles. The third-order valence-corrected chi connectivity index (χ3v) is 3.97. The highest BCUT2D eigenvalue weighted by Gasteiger charge is 2.39. The molecule has 138 valence electrons. The fraction of sp³-hybridized carbons (Fsp3) is 0.312. The van der Waals surface area contributed by atoms with Crippen molar-refractivity contribution in [3.05, 3.63) is 36.3 Å². The Morgan fingerprint density at radius 1 is 1.27 bits per heavy atom. The van der Waals surface area contributed by atoms with Gasteiger partial charge in [0.15, 0.2) is 6.23 Å². The molecule has 1 saturated heterocycles. The molecule has 7 nitrogen and oxygen atoms in total. The number of nitrogens with zero attached hydrogens (tertiary/aromatic N) is 4. The lowest BCUT2D eigenvalue weighted by Gasteiger charge is -2.21. The zero-order valence-electron chi connectivity index (χ0n) is 13.9. The molecule has 1 fully saturated rings. The number of alkyl halides is 3. The van der Waals surface area contributed by atoms with Crippen LogP contribution >= 0.6 is 0 Å². The second kappa shape index (κ2) is 6.45. The van der Waals surface area contributed by atoms with Crippen LogP contribution in [-0.2, 0) is 6.18 Å². The summed E-state index contributed by atoms with van der Waals surface area (Å²) in [6, 6.07) is 1.52. The molecular weight excluding hydrogens is 353 g/mol. The molecule has 0 bridgehead atoms. The lowest BCUT2D eigenvalue weighted by atomic mass is 10.0. The van der Waals surface area contributed by atoms with Crippen molar-refractivity contribution < 1.29 is 27.8 Å². The Bertz CT molecular complexity index is 844. The van der Waals surface area contributed by atoms with Gasteiger partial charge in [-0.1, -0.05) is 0 Å². The Morgan fingerprint density at radius 3 is 2.58 bits per heavy atom. The van der Waals surface area contributed by atoms with E-state index in [9.17, 15) is 23.1 Å². The number of hydrogen-bond donors (Lipinski definition) is 1. The molecular formula is C16H15F3N4O3. The number of pyridine rings is 2. The molecule has 2 aromatic rings. The highest BCUT2D eigenvalue weighted by Crippen LogP contribution is 2.39. The smallest absolute Gasteiger partial charge is 0.417 e. The number of β-amino-alcohol motifs (C(OH)–C–C–N with tert-alkyl or cyclic N) is 1. The second-order valence-electron chi connectivity index (χ2n) is 5.71. The summed E-state index contributed by atoms with van der Waals surface area (Å²) in [5, 5.41) is 9.95. The van der Waals surface area contributed by atoms with E-state index >= 15 is 0 Å². The van der Waals surface area contributed by atoms with Gasteiger partial charge in [0.05, 0.1) is 25.4 Å². The molecule has 26 heavy (non-hydrogen) atoms. The molecule has 3 rings (SSSR count). The number of aliphatic hydroxyl groups excluding tert-OH is 1. The third kappa shape index (κ3) is 3.15. The predicted octanol–water partition coefficient (Wildman–Crippen LogP) is 2.36. The molecule has 1 unspecified atom stereocenters. The monoisotopic (exact) mass is 368 g/mol. The lowest BCUT2D eigenvalue weighted by molar-refractivity contribution is -0.137. The molecule has 0 aromatic carbocycles. The number of halogens is 3. The maximum absolute atomic E-state index is 13.6. The third-order valence-electron chi connectivity index (χ3n) is 3.97. The number of urea groups is 1. The summed E-state index contributed by atoms with van der Waals surface area (Å²) in [5.41, 5.74) is -1.03. The molecule has 2 aromatic heterocycles. The summed E-state index contributed by atoms with van der Waals surface area (Å²) in [6.45, 7) is -0.0244. The van der Waals surface area contributed by atoms with Crippen LogP contribution in [0.5, 0.6) is 5.75 Å². The number of methoxy groups -OCH3 is 1. The zero-order valence-corrected chi connectivity index (χ0v) is 13.9. The summed E-state index contributed by atoms with van der Waals surface area (Å²) < 4.78 is 45.8. The number of ether oxygens (including phenoxy) is 1. The van der Waals surface area contributed by atoms with Gasteiger partial charge < -0.3 is 14.7 Å². The maximum atomic E-state index is 13.6. The van der Waals surface area contributed by atoms with E-state index in [1.807, 2.05) is 0 Å². The summed E-state index contributed by atoms with van der Waals surface area (Å²) in [7, 11) is 2.82. The Hall–Kier alpha value is -2.88. The molecule has 10 heteroatoms. The van der Waals surface area contributed by atoms with E-state index in [4.69, 9.17) is 4.74 Å². The van der Waals surface area contributed by atoms with Crippen molar-refractivity contribution in [1.82, 2.24) is 14.9 Å². The van der Waals surface area contributed by atoms with E-state index in [-0.39, 0.29) is 23.5 Å². The summed E-state index contributed by atoms with van der Waals surface area (Å²) in [4.78, 5) is 21.9. The standard InChI is InChI=1S/C16H15F3N4O3/c1-22-8-14(24)23(15(22)25)13-4-12(16(17,18)19)11(7-21-13)9-3-10(26-2)6-20-5-9/h3-7,14,24H,8H2,1-2H3. The van der Waals surface area contributed by atoms with Gasteiger partial charge in [0.25, 0.3) is 0 Å². The van der Waals surface area contributed by atoms with Gasteiger partial charge in [0.1, 0.15) is 11.6 Å². The Kier molecular flexibility index (Phi) is 4.45. The van der Waals surface area contributed by atoms with Crippen LogP contribution < -0.4 is 9.64 Å². The average Bonchev–Trinajstić information content (AvgIpc) is 2.86. The molecule has 1 aliphatic heterocycles. The minimum Gasteiger partial charge on any atom is -0.495 e. The van der Waals surface area contributed by atoms with Gasteiger partial charge in [-0.3, -0.25) is 4.98 Å². The molecule has 1 aliphatic rings. The molecule has 0 spiro atoms. The van der Waals surface area contributed by atoms with Gasteiger partial charge in [-0.2, -0.15) is 13.2 Å². The number of likely N-dealkylation sites (N-methyl/N-ethyl adjacent to an activating group) is 1. The van der Waals surface area contributed by atoms with Crippen molar-refractivity contribution in [3.63, 3.8) is 0 Å². The molecule has 0 saturated carbocycles. The largest absolute Gasteiger partial charge is 0.495 e. The number of anilines is 1. The Morgan fingerprint density at radius 2 is 2.00 bits per heavy atom. The quantitative estimate of drug-likeness (QED) is 0.900. The van der Waals surface area contributed by atoms with Crippen molar-refractivity contribution in [2.75, 3.05) is 25.6 Å². The van der Waals surface area contributed by atoms with Gasteiger partial charge in [0, 0.05) is 30.6 Å². The molecule has 1 atom stereocenters. The van der Waals surface area contributed by atoms with Gasteiger partial charge in [-0.25, -0.2) is 14.7 Å². The molecule has 1 N–H and O–H groups in total. The van der Waals surface area contributed by atoms with Crippen molar-refractivity contribution in [2.24, 2.45) is 0 Å². The molecule has 3 heterocycles. The number of carbonyl (C=O) groups is 1. The zero-order chi connectivity index (χ0) is 19.1. The van der Waals surface area contributed by atoms with Crippen molar-refractivity contribution in [2.45, 2.75) is 12.4 Å². The Labute approximate surface area is 146 Å². The van der Waals surface area contributed by atoms with Crippen molar-refractivity contribution in [1.29, 1.82) is 0 Å². The number of carbonyl (C=O) groups excluding carboxylic acids is 1. The maximum Gasteiger partial charge on any atom is 0.417 e. The van der Waals surface area contributed by atoms with Crippen molar-refractivity contribution >= 4 is 11.8 Å². The topological polar surface area (TPSA) is 78.8 Å². The second-order valence-corrected chi connectivity index (χ2v) is 5.71. The first kappa shape index (κ1) is 17.9. The van der Waals surface area contributed by atoms with Crippen LogP contribution in [-0.4, -0.2) is 52.9 Å². The van der Waals surface area contributed by atoms with Gasteiger partial charge in [-0.15, -0.1) is 0 Å². The normalized spacial score (nSPS) is 17.8. The van der Waals surface area contributed by atoms with Crippen LogP contribution in [0.4, 0.5) is 23.8 Å². The van der Waals surface area contributed by atoms with Gasteiger partial charge in [-0.05, 0) is 12.1 Å². The minimum absolute atomic E-state index is 0.0244. The number of rotatable bonds is 3. The highest BCUT2D eigenvalue weighted by atomic mass is 19.4. The fourth-order valence-corrected chi connectivity index (χ4v) is 2.69. The van der Waals surface area contributed by atoms with Gasteiger partial charge in [0.2, 0.25) is 0 Å². The first-order chi connectivity index (χ1) is 12.2. The van der Waals surface area contributed by atoms with Crippen LogP contribution in [0, 0.1) is 0 Å². The molecule has 2 amide bonds. The summed E-state index contributed by atoms with van der Waals surface area (Å²) >= 11 is 0. The van der Waals surface area contributed by atoms with Crippen LogP contribution in [0.3, 0.4) is 0 Å². The minimum atomic E-state index is -4.70. The van der Waals surface area contributed by atoms with Crippen LogP contribution in [0.2, 0.25) is 0 Å².